The van der Waals surface area contributed by atoms with E-state index in [1.165, 1.54) is 0 Å². The molecule has 0 bridgehead atoms. The standard InChI is InChI=1S/C7H12O2S/c1-5(7(8)9)4-6(2)10-3/h4,6H,1-3H3,(H,8,9). The number of hydrogen-bond donors (Lipinski definition) is 1. The van der Waals surface area contributed by atoms with Crippen LogP contribution in [0.5, 0.6) is 0 Å². The molecule has 1 unspecified atom stereocenters. The molecule has 0 saturated carbocycles. The predicted octanol–water partition coefficient (Wildman–Crippen LogP) is 1.77. The number of aliphatic carboxylic acids is 1. The fourth-order valence-corrected chi connectivity index (χ4v) is 0.832. The summed E-state index contributed by atoms with van der Waals surface area (Å²) in [6.07, 6.45) is 3.70. The molecule has 1 atom stereocenters. The van der Waals surface area contributed by atoms with E-state index in [4.69, 9.17) is 5.11 Å². The van der Waals surface area contributed by atoms with E-state index in [0.717, 1.165) is 0 Å². The van der Waals surface area contributed by atoms with Crippen LogP contribution in [0.3, 0.4) is 0 Å². The molecule has 10 heavy (non-hydrogen) atoms. The van der Waals surface area contributed by atoms with Gasteiger partial charge in [-0.3, -0.25) is 0 Å². The van der Waals surface area contributed by atoms with E-state index in [1.54, 1.807) is 24.8 Å². The lowest BCUT2D eigenvalue weighted by Gasteiger charge is -2.00. The molecule has 0 aliphatic carbocycles. The molecule has 0 saturated heterocycles. The van der Waals surface area contributed by atoms with Crippen molar-refractivity contribution in [2.75, 3.05) is 6.26 Å². The van der Waals surface area contributed by atoms with E-state index in [2.05, 4.69) is 0 Å². The fraction of sp³-hybridized carbons (Fsp3) is 0.571. The maximum Gasteiger partial charge on any atom is 0.330 e. The molecule has 0 aromatic heterocycles. The zero-order valence-electron chi connectivity index (χ0n) is 6.42. The van der Waals surface area contributed by atoms with Crippen molar-refractivity contribution in [1.82, 2.24) is 0 Å². The van der Waals surface area contributed by atoms with Crippen LogP contribution in [0.4, 0.5) is 0 Å². The molecule has 0 heterocycles. The topological polar surface area (TPSA) is 37.3 Å². The molecule has 3 heteroatoms. The predicted molar refractivity (Wildman–Crippen MR) is 44.4 cm³/mol. The summed E-state index contributed by atoms with van der Waals surface area (Å²) in [6, 6.07) is 0. The van der Waals surface area contributed by atoms with Gasteiger partial charge in [-0.2, -0.15) is 11.8 Å². The van der Waals surface area contributed by atoms with Gasteiger partial charge in [0.05, 0.1) is 0 Å². The molecular weight excluding hydrogens is 148 g/mol. The Hall–Kier alpha value is -0.440. The average molecular weight is 160 g/mol. The van der Waals surface area contributed by atoms with Crippen molar-refractivity contribution in [2.45, 2.75) is 19.1 Å². The van der Waals surface area contributed by atoms with Crippen LogP contribution < -0.4 is 0 Å². The molecule has 0 radical (unpaired) electrons. The Balaban J connectivity index is 4.02. The first kappa shape index (κ1) is 9.56. The minimum atomic E-state index is -0.832. The second-order valence-electron chi connectivity index (χ2n) is 2.10. The van der Waals surface area contributed by atoms with E-state index in [9.17, 15) is 4.79 Å². The van der Waals surface area contributed by atoms with Gasteiger partial charge in [-0.1, -0.05) is 6.08 Å². The summed E-state index contributed by atoms with van der Waals surface area (Å²) >= 11 is 1.63. The van der Waals surface area contributed by atoms with Crippen molar-refractivity contribution in [3.63, 3.8) is 0 Å². The Morgan fingerprint density at radius 2 is 2.20 bits per heavy atom. The minimum absolute atomic E-state index is 0.288. The van der Waals surface area contributed by atoms with Crippen molar-refractivity contribution in [3.8, 4) is 0 Å². The number of carboxylic acid groups (broad SMARTS) is 1. The first-order chi connectivity index (χ1) is 4.57. The Labute approximate surface area is 65.3 Å². The highest BCUT2D eigenvalue weighted by atomic mass is 32.2. The lowest BCUT2D eigenvalue weighted by atomic mass is 10.2. The third-order valence-corrected chi connectivity index (χ3v) is 2.07. The summed E-state index contributed by atoms with van der Waals surface area (Å²) in [5, 5.41) is 8.74. The quantitative estimate of drug-likeness (QED) is 0.639. The smallest absolute Gasteiger partial charge is 0.330 e. The van der Waals surface area contributed by atoms with Gasteiger partial charge in [0.25, 0.3) is 0 Å². The molecule has 0 aromatic rings. The monoisotopic (exact) mass is 160 g/mol. The molecule has 0 aliphatic rings. The number of thioether (sulfide) groups is 1. The number of rotatable bonds is 3. The lowest BCUT2D eigenvalue weighted by Crippen LogP contribution is -1.99. The summed E-state index contributed by atoms with van der Waals surface area (Å²) in [5.41, 5.74) is 0.418. The van der Waals surface area contributed by atoms with E-state index >= 15 is 0 Å². The van der Waals surface area contributed by atoms with Crippen molar-refractivity contribution < 1.29 is 9.90 Å². The van der Waals surface area contributed by atoms with Crippen molar-refractivity contribution >= 4 is 17.7 Å². The van der Waals surface area contributed by atoms with Gasteiger partial charge in [0, 0.05) is 10.8 Å². The first-order valence-corrected chi connectivity index (χ1v) is 4.31. The lowest BCUT2D eigenvalue weighted by molar-refractivity contribution is -0.132. The molecule has 0 rings (SSSR count). The third kappa shape index (κ3) is 3.56. The Kier molecular flexibility index (Phi) is 4.19. The molecule has 0 aromatic carbocycles. The summed E-state index contributed by atoms with van der Waals surface area (Å²) in [7, 11) is 0. The van der Waals surface area contributed by atoms with E-state index in [1.807, 2.05) is 13.2 Å². The number of hydrogen-bond acceptors (Lipinski definition) is 2. The van der Waals surface area contributed by atoms with Crippen molar-refractivity contribution in [1.29, 1.82) is 0 Å². The van der Waals surface area contributed by atoms with Crippen LogP contribution in [0.25, 0.3) is 0 Å². The Bertz CT molecular complexity index is 152. The van der Waals surface area contributed by atoms with Crippen LogP contribution in [0.15, 0.2) is 11.6 Å². The zero-order chi connectivity index (χ0) is 8.15. The van der Waals surface area contributed by atoms with E-state index < -0.39 is 5.97 Å². The minimum Gasteiger partial charge on any atom is -0.478 e. The highest BCUT2D eigenvalue weighted by Gasteiger charge is 2.01. The van der Waals surface area contributed by atoms with Crippen molar-refractivity contribution in [3.05, 3.63) is 11.6 Å². The van der Waals surface area contributed by atoms with E-state index in [0.29, 0.717) is 5.57 Å². The second kappa shape index (κ2) is 4.39. The second-order valence-corrected chi connectivity index (χ2v) is 3.31. The van der Waals surface area contributed by atoms with Gasteiger partial charge < -0.3 is 5.11 Å². The normalized spacial score (nSPS) is 14.9. The molecule has 2 nitrogen and oxygen atoms in total. The zero-order valence-corrected chi connectivity index (χ0v) is 7.23. The molecule has 0 fully saturated rings. The van der Waals surface area contributed by atoms with Gasteiger partial charge >= 0.3 is 5.97 Å². The van der Waals surface area contributed by atoms with Gasteiger partial charge in [0.2, 0.25) is 0 Å². The maximum atomic E-state index is 10.3. The van der Waals surface area contributed by atoms with Crippen LogP contribution in [0, 0.1) is 0 Å². The molecule has 0 amide bonds. The van der Waals surface area contributed by atoms with Gasteiger partial charge in [-0.25, -0.2) is 4.79 Å². The fourth-order valence-electron chi connectivity index (χ4n) is 0.491. The van der Waals surface area contributed by atoms with E-state index in [-0.39, 0.29) is 5.25 Å². The Morgan fingerprint density at radius 1 is 1.70 bits per heavy atom. The van der Waals surface area contributed by atoms with Crippen LogP contribution in [0.1, 0.15) is 13.8 Å². The summed E-state index contributed by atoms with van der Waals surface area (Å²) < 4.78 is 0. The highest BCUT2D eigenvalue weighted by molar-refractivity contribution is 7.99. The van der Waals surface area contributed by atoms with Crippen LogP contribution >= 0.6 is 11.8 Å². The number of carboxylic acids is 1. The van der Waals surface area contributed by atoms with Crippen LogP contribution in [-0.2, 0) is 4.79 Å². The van der Waals surface area contributed by atoms with Crippen LogP contribution in [0.2, 0.25) is 0 Å². The van der Waals surface area contributed by atoms with Crippen LogP contribution in [-0.4, -0.2) is 22.6 Å². The van der Waals surface area contributed by atoms with Gasteiger partial charge in [0.1, 0.15) is 0 Å². The van der Waals surface area contributed by atoms with Gasteiger partial charge in [-0.15, -0.1) is 0 Å². The van der Waals surface area contributed by atoms with Gasteiger partial charge in [0.15, 0.2) is 0 Å². The first-order valence-electron chi connectivity index (χ1n) is 3.02. The molecule has 0 aliphatic heterocycles. The molecule has 0 spiro atoms. The number of carbonyl (C=O) groups is 1. The summed E-state index contributed by atoms with van der Waals surface area (Å²) in [6.45, 7) is 3.58. The SMILES string of the molecule is CSC(C)C=C(C)C(=O)O. The molecular formula is C7H12O2S. The molecule has 58 valence electrons. The average Bonchev–Trinajstić information content (AvgIpc) is 1.87. The van der Waals surface area contributed by atoms with Crippen molar-refractivity contribution in [2.24, 2.45) is 0 Å². The summed E-state index contributed by atoms with van der Waals surface area (Å²) in [4.78, 5) is 10.3. The molecule has 1 N–H and O–H groups in total. The largest absolute Gasteiger partial charge is 0.478 e. The highest BCUT2D eigenvalue weighted by Crippen LogP contribution is 2.08. The summed E-state index contributed by atoms with van der Waals surface area (Å²) in [5.74, 6) is -0.832. The Morgan fingerprint density at radius 3 is 2.50 bits per heavy atom. The maximum absolute atomic E-state index is 10.3. The third-order valence-electron chi connectivity index (χ3n) is 1.19. The van der Waals surface area contributed by atoms with Gasteiger partial charge in [-0.05, 0) is 20.1 Å².